The number of carbonyl (C=O) groups excluding carboxylic acids is 1. The number of anilines is 1. The van der Waals surface area contributed by atoms with E-state index in [4.69, 9.17) is 9.47 Å². The Morgan fingerprint density at radius 2 is 1.80 bits per heavy atom. The van der Waals surface area contributed by atoms with E-state index in [0.29, 0.717) is 13.0 Å². The van der Waals surface area contributed by atoms with Crippen molar-refractivity contribution < 1.29 is 14.3 Å². The molecule has 1 aromatic carbocycles. The second kappa shape index (κ2) is 10.1. The van der Waals surface area contributed by atoms with Crippen LogP contribution in [0.15, 0.2) is 24.3 Å². The fourth-order valence-electron chi connectivity index (χ4n) is 1.92. The molecule has 20 heavy (non-hydrogen) atoms. The van der Waals surface area contributed by atoms with Gasteiger partial charge in [-0.15, -0.1) is 0 Å². The van der Waals surface area contributed by atoms with Crippen molar-refractivity contribution in [3.05, 3.63) is 24.3 Å². The van der Waals surface area contributed by atoms with E-state index in [1.54, 1.807) is 7.11 Å². The van der Waals surface area contributed by atoms with Gasteiger partial charge in [0.05, 0.1) is 13.7 Å². The Kier molecular flexibility index (Phi) is 8.27. The van der Waals surface area contributed by atoms with Crippen LogP contribution in [0.25, 0.3) is 0 Å². The van der Waals surface area contributed by atoms with Gasteiger partial charge in [-0.1, -0.05) is 12.8 Å². The van der Waals surface area contributed by atoms with Gasteiger partial charge in [0.25, 0.3) is 0 Å². The Hall–Kier alpha value is -1.71. The van der Waals surface area contributed by atoms with Crippen molar-refractivity contribution in [1.82, 2.24) is 0 Å². The first-order chi connectivity index (χ1) is 9.76. The second-order valence-corrected chi connectivity index (χ2v) is 4.62. The quantitative estimate of drug-likeness (QED) is 0.525. The van der Waals surface area contributed by atoms with Crippen molar-refractivity contribution in [2.75, 3.05) is 25.6 Å². The molecule has 0 heterocycles. The Morgan fingerprint density at radius 1 is 1.10 bits per heavy atom. The molecule has 0 spiro atoms. The number of rotatable bonds is 10. The lowest BCUT2D eigenvalue weighted by Crippen LogP contribution is -2.04. The van der Waals surface area contributed by atoms with E-state index >= 15 is 0 Å². The largest absolute Gasteiger partial charge is 0.497 e. The average molecular weight is 279 g/mol. The number of hydrogen-bond acceptors (Lipinski definition) is 4. The molecule has 0 aromatic heterocycles. The van der Waals surface area contributed by atoms with Gasteiger partial charge >= 0.3 is 5.97 Å². The predicted octanol–water partition coefficient (Wildman–Crippen LogP) is 3.62. The maximum atomic E-state index is 11.1. The van der Waals surface area contributed by atoms with Gasteiger partial charge in [-0.25, -0.2) is 0 Å². The highest BCUT2D eigenvalue weighted by atomic mass is 16.5. The van der Waals surface area contributed by atoms with Gasteiger partial charge in [0.2, 0.25) is 0 Å². The van der Waals surface area contributed by atoms with Crippen molar-refractivity contribution in [3.63, 3.8) is 0 Å². The summed E-state index contributed by atoms with van der Waals surface area (Å²) in [5, 5.41) is 3.37. The van der Waals surface area contributed by atoms with E-state index < -0.39 is 0 Å². The number of benzene rings is 1. The molecule has 0 aliphatic carbocycles. The Labute approximate surface area is 121 Å². The Morgan fingerprint density at radius 3 is 2.45 bits per heavy atom. The highest BCUT2D eigenvalue weighted by Crippen LogP contribution is 2.15. The number of carbonyl (C=O) groups is 1. The maximum absolute atomic E-state index is 11.1. The van der Waals surface area contributed by atoms with Gasteiger partial charge in [-0.2, -0.15) is 0 Å². The highest BCUT2D eigenvalue weighted by molar-refractivity contribution is 5.69. The third-order valence-electron chi connectivity index (χ3n) is 3.03. The molecular weight excluding hydrogens is 254 g/mol. The summed E-state index contributed by atoms with van der Waals surface area (Å²) in [6, 6.07) is 7.92. The first-order valence-electron chi connectivity index (χ1n) is 7.29. The molecule has 1 N–H and O–H groups in total. The first kappa shape index (κ1) is 16.3. The van der Waals surface area contributed by atoms with E-state index in [-0.39, 0.29) is 5.97 Å². The van der Waals surface area contributed by atoms with Gasteiger partial charge in [-0.3, -0.25) is 4.79 Å². The summed E-state index contributed by atoms with van der Waals surface area (Å²) in [6.07, 6.45) is 4.77. The number of methoxy groups -OCH3 is 1. The molecule has 0 saturated heterocycles. The lowest BCUT2D eigenvalue weighted by Gasteiger charge is -2.07. The van der Waals surface area contributed by atoms with E-state index in [1.807, 2.05) is 31.2 Å². The van der Waals surface area contributed by atoms with Gasteiger partial charge < -0.3 is 14.8 Å². The van der Waals surface area contributed by atoms with Crippen LogP contribution in [0.5, 0.6) is 5.75 Å². The third kappa shape index (κ3) is 7.02. The fourth-order valence-corrected chi connectivity index (χ4v) is 1.92. The zero-order valence-electron chi connectivity index (χ0n) is 12.5. The fraction of sp³-hybridized carbons (Fsp3) is 0.562. The van der Waals surface area contributed by atoms with Crippen LogP contribution >= 0.6 is 0 Å². The summed E-state index contributed by atoms with van der Waals surface area (Å²) >= 11 is 0. The number of unbranched alkanes of at least 4 members (excludes halogenated alkanes) is 3. The van der Waals surface area contributed by atoms with Crippen LogP contribution in [0.4, 0.5) is 5.69 Å². The van der Waals surface area contributed by atoms with E-state index in [9.17, 15) is 4.79 Å². The minimum Gasteiger partial charge on any atom is -0.497 e. The summed E-state index contributed by atoms with van der Waals surface area (Å²) in [6.45, 7) is 3.26. The number of nitrogens with one attached hydrogen (secondary N) is 1. The summed E-state index contributed by atoms with van der Waals surface area (Å²) in [5.41, 5.74) is 1.11. The molecule has 0 radical (unpaired) electrons. The molecule has 0 fully saturated rings. The predicted molar refractivity (Wildman–Crippen MR) is 81.2 cm³/mol. The first-order valence-corrected chi connectivity index (χ1v) is 7.29. The lowest BCUT2D eigenvalue weighted by atomic mass is 10.1. The highest BCUT2D eigenvalue weighted by Gasteiger charge is 2.00. The molecule has 0 bridgehead atoms. The Balaban J connectivity index is 2.00. The Bertz CT molecular complexity index is 376. The molecule has 0 atom stereocenters. The minimum atomic E-state index is -0.0798. The zero-order chi connectivity index (χ0) is 14.6. The molecule has 1 rings (SSSR count). The van der Waals surface area contributed by atoms with E-state index in [1.165, 1.54) is 0 Å². The number of esters is 1. The van der Waals surface area contributed by atoms with Crippen molar-refractivity contribution in [3.8, 4) is 5.75 Å². The molecular formula is C16H25NO3. The van der Waals surface area contributed by atoms with Crippen LogP contribution in [-0.2, 0) is 9.53 Å². The van der Waals surface area contributed by atoms with Crippen LogP contribution in [0, 0.1) is 0 Å². The molecule has 1 aromatic rings. The molecule has 0 saturated carbocycles. The molecule has 0 aliphatic heterocycles. The normalized spacial score (nSPS) is 10.1. The summed E-state index contributed by atoms with van der Waals surface area (Å²) in [5.74, 6) is 0.790. The second-order valence-electron chi connectivity index (χ2n) is 4.62. The maximum Gasteiger partial charge on any atom is 0.305 e. The molecule has 4 heteroatoms. The van der Waals surface area contributed by atoms with Gasteiger partial charge in [-0.05, 0) is 44.0 Å². The monoisotopic (exact) mass is 279 g/mol. The molecule has 4 nitrogen and oxygen atoms in total. The SMILES string of the molecule is CCOC(=O)CCCCCCNc1ccc(OC)cc1. The zero-order valence-corrected chi connectivity index (χ0v) is 12.5. The van der Waals surface area contributed by atoms with Crippen LogP contribution < -0.4 is 10.1 Å². The van der Waals surface area contributed by atoms with Gasteiger partial charge in [0.15, 0.2) is 0 Å². The van der Waals surface area contributed by atoms with Gasteiger partial charge in [0.1, 0.15) is 5.75 Å². The number of ether oxygens (including phenoxy) is 2. The number of hydrogen-bond donors (Lipinski definition) is 1. The molecule has 0 aliphatic rings. The average Bonchev–Trinajstić information content (AvgIpc) is 2.47. The minimum absolute atomic E-state index is 0.0798. The van der Waals surface area contributed by atoms with Crippen molar-refractivity contribution in [2.45, 2.75) is 39.0 Å². The van der Waals surface area contributed by atoms with Crippen molar-refractivity contribution in [1.29, 1.82) is 0 Å². The summed E-state index contributed by atoms with van der Waals surface area (Å²) < 4.78 is 9.99. The molecule has 112 valence electrons. The molecule has 0 amide bonds. The van der Waals surface area contributed by atoms with Crippen LogP contribution in [0.3, 0.4) is 0 Å². The lowest BCUT2D eigenvalue weighted by molar-refractivity contribution is -0.143. The van der Waals surface area contributed by atoms with Crippen molar-refractivity contribution >= 4 is 11.7 Å². The van der Waals surface area contributed by atoms with Crippen LogP contribution in [-0.4, -0.2) is 26.2 Å². The van der Waals surface area contributed by atoms with Gasteiger partial charge in [0, 0.05) is 18.7 Å². The van der Waals surface area contributed by atoms with Crippen molar-refractivity contribution in [2.24, 2.45) is 0 Å². The van der Waals surface area contributed by atoms with E-state index in [0.717, 1.165) is 43.7 Å². The van der Waals surface area contributed by atoms with Crippen LogP contribution in [0.1, 0.15) is 39.0 Å². The van der Waals surface area contributed by atoms with Crippen LogP contribution in [0.2, 0.25) is 0 Å². The van der Waals surface area contributed by atoms with E-state index in [2.05, 4.69) is 5.32 Å². The smallest absolute Gasteiger partial charge is 0.305 e. The summed E-state index contributed by atoms with van der Waals surface area (Å²) in [7, 11) is 1.67. The standard InChI is InChI=1S/C16H25NO3/c1-3-20-16(18)8-6-4-5-7-13-17-14-9-11-15(19-2)12-10-14/h9-12,17H,3-8,13H2,1-2H3. The molecule has 0 unspecified atom stereocenters. The summed E-state index contributed by atoms with van der Waals surface area (Å²) in [4.78, 5) is 11.1. The topological polar surface area (TPSA) is 47.6 Å². The third-order valence-corrected chi connectivity index (χ3v) is 3.03.